The van der Waals surface area contributed by atoms with E-state index in [9.17, 15) is 4.79 Å². The van der Waals surface area contributed by atoms with E-state index in [-0.39, 0.29) is 17.8 Å². The minimum Gasteiger partial charge on any atom is -0.342 e. The maximum atomic E-state index is 11.4. The number of aromatic nitrogens is 1. The Morgan fingerprint density at radius 1 is 1.41 bits per heavy atom. The molecule has 2 rings (SSSR count). The van der Waals surface area contributed by atoms with Gasteiger partial charge in [0.15, 0.2) is 0 Å². The van der Waals surface area contributed by atoms with Crippen molar-refractivity contribution in [3.8, 4) is 0 Å². The molecule has 17 heavy (non-hydrogen) atoms. The van der Waals surface area contributed by atoms with Gasteiger partial charge in [0.25, 0.3) is 0 Å². The molecule has 1 atom stereocenters. The van der Waals surface area contributed by atoms with Crippen molar-refractivity contribution in [1.82, 2.24) is 10.3 Å². The van der Waals surface area contributed by atoms with Crippen molar-refractivity contribution >= 4 is 28.8 Å². The van der Waals surface area contributed by atoms with Crippen LogP contribution in [-0.2, 0) is 4.79 Å². The molecule has 1 amide bonds. The maximum Gasteiger partial charge on any atom is 0.235 e. The van der Waals surface area contributed by atoms with Crippen LogP contribution in [0.2, 0.25) is 0 Å². The van der Waals surface area contributed by atoms with Crippen molar-refractivity contribution in [2.45, 2.75) is 6.04 Å². The molecule has 0 saturated carbocycles. The molecule has 0 aliphatic carbocycles. The number of nitrogens with zero attached hydrogens (tertiary/aromatic N) is 1. The summed E-state index contributed by atoms with van der Waals surface area (Å²) < 4.78 is 0. The fourth-order valence-corrected chi connectivity index (χ4v) is 2.30. The lowest BCUT2D eigenvalue weighted by Gasteiger charge is -2.16. The first kappa shape index (κ1) is 12.1. The molecule has 1 N–H and O–H groups in total. The van der Waals surface area contributed by atoms with Gasteiger partial charge < -0.3 is 5.32 Å². The van der Waals surface area contributed by atoms with E-state index < -0.39 is 0 Å². The second kappa shape index (κ2) is 5.80. The Morgan fingerprint density at radius 2 is 2.18 bits per heavy atom. The summed E-state index contributed by atoms with van der Waals surface area (Å²) in [6.07, 6.45) is 1.72. The van der Waals surface area contributed by atoms with Gasteiger partial charge in [-0.1, -0.05) is 30.3 Å². The van der Waals surface area contributed by atoms with Crippen molar-refractivity contribution in [3.63, 3.8) is 0 Å². The predicted molar refractivity (Wildman–Crippen MR) is 69.3 cm³/mol. The van der Waals surface area contributed by atoms with Gasteiger partial charge in [-0.2, -0.15) is 0 Å². The number of benzene rings is 1. The minimum absolute atomic E-state index is 0.0469. The smallest absolute Gasteiger partial charge is 0.235 e. The fourth-order valence-electron chi connectivity index (χ4n) is 1.51. The van der Waals surface area contributed by atoms with E-state index in [1.807, 2.05) is 35.7 Å². The molecular formula is C12H11ClN2OS. The Kier molecular flexibility index (Phi) is 4.12. The number of carbonyl (C=O) groups excluding carboxylic acids is 1. The summed E-state index contributed by atoms with van der Waals surface area (Å²) >= 11 is 7.03. The van der Waals surface area contributed by atoms with Gasteiger partial charge in [-0.05, 0) is 5.56 Å². The number of alkyl halides is 1. The number of rotatable bonds is 4. The lowest BCUT2D eigenvalue weighted by molar-refractivity contribution is -0.119. The molecule has 0 bridgehead atoms. The Labute approximate surface area is 108 Å². The second-order valence-electron chi connectivity index (χ2n) is 3.42. The lowest BCUT2D eigenvalue weighted by Crippen LogP contribution is -2.30. The van der Waals surface area contributed by atoms with Crippen LogP contribution in [0, 0.1) is 0 Å². The Hall–Kier alpha value is -1.39. The van der Waals surface area contributed by atoms with Crippen LogP contribution >= 0.6 is 22.9 Å². The average molecular weight is 267 g/mol. The molecule has 3 nitrogen and oxygen atoms in total. The van der Waals surface area contributed by atoms with Crippen LogP contribution < -0.4 is 5.32 Å². The van der Waals surface area contributed by atoms with Crippen molar-refractivity contribution in [1.29, 1.82) is 0 Å². The van der Waals surface area contributed by atoms with Gasteiger partial charge in [-0.15, -0.1) is 22.9 Å². The van der Waals surface area contributed by atoms with E-state index in [0.717, 1.165) is 10.6 Å². The summed E-state index contributed by atoms with van der Waals surface area (Å²) in [5.41, 5.74) is 1.00. The second-order valence-corrected chi connectivity index (χ2v) is 4.61. The zero-order valence-corrected chi connectivity index (χ0v) is 10.5. The van der Waals surface area contributed by atoms with Crippen LogP contribution in [0.3, 0.4) is 0 Å². The van der Waals surface area contributed by atoms with E-state index >= 15 is 0 Å². The van der Waals surface area contributed by atoms with E-state index in [4.69, 9.17) is 11.6 Å². The first-order valence-corrected chi connectivity index (χ1v) is 6.52. The van der Waals surface area contributed by atoms with Gasteiger partial charge in [0, 0.05) is 11.6 Å². The van der Waals surface area contributed by atoms with Crippen molar-refractivity contribution in [3.05, 3.63) is 52.5 Å². The zero-order chi connectivity index (χ0) is 12.1. The highest BCUT2D eigenvalue weighted by Gasteiger charge is 2.18. The predicted octanol–water partition coefficient (Wildman–Crippen LogP) is 2.59. The van der Waals surface area contributed by atoms with E-state index in [2.05, 4.69) is 10.3 Å². The summed E-state index contributed by atoms with van der Waals surface area (Å²) in [6.45, 7) is 0. The third-order valence-electron chi connectivity index (χ3n) is 2.26. The summed E-state index contributed by atoms with van der Waals surface area (Å²) in [5, 5.41) is 5.61. The summed E-state index contributed by atoms with van der Waals surface area (Å²) in [4.78, 5) is 15.7. The first-order chi connectivity index (χ1) is 8.31. The average Bonchev–Trinajstić information content (AvgIpc) is 2.90. The van der Waals surface area contributed by atoms with Crippen molar-refractivity contribution in [2.24, 2.45) is 0 Å². The molecule has 0 radical (unpaired) electrons. The van der Waals surface area contributed by atoms with Crippen molar-refractivity contribution in [2.75, 3.05) is 5.88 Å². The normalized spacial score (nSPS) is 12.1. The van der Waals surface area contributed by atoms with Crippen LogP contribution in [0.15, 0.2) is 41.9 Å². The molecule has 88 valence electrons. The number of thiazole rings is 1. The standard InChI is InChI=1S/C12H11ClN2OS/c13-8-10(16)15-11(12-14-6-7-17-12)9-4-2-1-3-5-9/h1-7,11H,8H2,(H,15,16). The third-order valence-corrected chi connectivity index (χ3v) is 3.34. The molecule has 2 aromatic rings. The summed E-state index contributed by atoms with van der Waals surface area (Å²) in [6, 6.07) is 9.50. The highest BCUT2D eigenvalue weighted by molar-refractivity contribution is 7.09. The van der Waals surface area contributed by atoms with Crippen LogP contribution in [0.25, 0.3) is 0 Å². The quantitative estimate of drug-likeness (QED) is 0.865. The largest absolute Gasteiger partial charge is 0.342 e. The van der Waals surface area contributed by atoms with Gasteiger partial charge in [0.2, 0.25) is 5.91 Å². The molecule has 0 fully saturated rings. The molecule has 1 aromatic carbocycles. The van der Waals surface area contributed by atoms with E-state index in [0.29, 0.717) is 0 Å². The van der Waals surface area contributed by atoms with Gasteiger partial charge in [-0.25, -0.2) is 4.98 Å². The first-order valence-electron chi connectivity index (χ1n) is 5.11. The number of halogens is 1. The summed E-state index contributed by atoms with van der Waals surface area (Å²) in [7, 11) is 0. The number of carbonyl (C=O) groups is 1. The number of nitrogens with one attached hydrogen (secondary N) is 1. The van der Waals surface area contributed by atoms with Crippen LogP contribution in [-0.4, -0.2) is 16.8 Å². The molecule has 0 saturated heterocycles. The molecular weight excluding hydrogens is 256 g/mol. The van der Waals surface area contributed by atoms with Crippen LogP contribution in [0.5, 0.6) is 0 Å². The molecule has 0 spiro atoms. The molecule has 1 unspecified atom stereocenters. The van der Waals surface area contributed by atoms with E-state index in [1.54, 1.807) is 6.20 Å². The zero-order valence-electron chi connectivity index (χ0n) is 8.97. The monoisotopic (exact) mass is 266 g/mol. The van der Waals surface area contributed by atoms with Crippen molar-refractivity contribution < 1.29 is 4.79 Å². The number of amides is 1. The van der Waals surface area contributed by atoms with Crippen LogP contribution in [0.4, 0.5) is 0 Å². The fraction of sp³-hybridized carbons (Fsp3) is 0.167. The molecule has 1 heterocycles. The lowest BCUT2D eigenvalue weighted by atomic mass is 10.1. The van der Waals surface area contributed by atoms with Crippen LogP contribution in [0.1, 0.15) is 16.6 Å². The summed E-state index contributed by atoms with van der Waals surface area (Å²) in [5.74, 6) is -0.245. The third kappa shape index (κ3) is 3.05. The van der Waals surface area contributed by atoms with Gasteiger partial charge >= 0.3 is 0 Å². The van der Waals surface area contributed by atoms with Gasteiger partial charge in [0.1, 0.15) is 16.9 Å². The Balaban J connectivity index is 2.28. The number of hydrogen-bond donors (Lipinski definition) is 1. The Bertz CT molecular complexity index is 473. The highest BCUT2D eigenvalue weighted by Crippen LogP contribution is 2.23. The molecule has 0 aliphatic rings. The minimum atomic E-state index is -0.220. The SMILES string of the molecule is O=C(CCl)NC(c1ccccc1)c1nccs1. The van der Waals surface area contributed by atoms with E-state index in [1.165, 1.54) is 11.3 Å². The van der Waals surface area contributed by atoms with Gasteiger partial charge in [0.05, 0.1) is 0 Å². The maximum absolute atomic E-state index is 11.4. The number of hydrogen-bond acceptors (Lipinski definition) is 3. The molecule has 5 heteroatoms. The Morgan fingerprint density at radius 3 is 2.76 bits per heavy atom. The van der Waals surface area contributed by atoms with Gasteiger partial charge in [-0.3, -0.25) is 4.79 Å². The molecule has 0 aliphatic heterocycles. The topological polar surface area (TPSA) is 42.0 Å². The highest BCUT2D eigenvalue weighted by atomic mass is 35.5. The molecule has 1 aromatic heterocycles.